The number of carbonyl (C=O) groups is 2. The third-order valence-corrected chi connectivity index (χ3v) is 1.44. The number of hydrogen-bond acceptors (Lipinski definition) is 4. The number of rotatable bonds is 4. The molecule has 0 aliphatic rings. The molecule has 13 heavy (non-hydrogen) atoms. The molecule has 0 spiro atoms. The predicted molar refractivity (Wildman–Crippen MR) is 47.9 cm³/mol. The maximum Gasteiger partial charge on any atom is 0.328 e. The zero-order valence-corrected chi connectivity index (χ0v) is 8.16. The lowest BCUT2D eigenvalue weighted by Crippen LogP contribution is -2.41. The minimum absolute atomic E-state index is 0.204. The Hall–Kier alpha value is -1.10. The van der Waals surface area contributed by atoms with E-state index in [4.69, 9.17) is 5.73 Å². The lowest BCUT2D eigenvalue weighted by Gasteiger charge is -2.12. The van der Waals surface area contributed by atoms with Crippen molar-refractivity contribution in [3.05, 3.63) is 0 Å². The van der Waals surface area contributed by atoms with Crippen molar-refractivity contribution < 1.29 is 14.3 Å². The number of hydrogen-bond donors (Lipinski definition) is 2. The van der Waals surface area contributed by atoms with Crippen LogP contribution in [0.15, 0.2) is 0 Å². The van der Waals surface area contributed by atoms with E-state index in [0.29, 0.717) is 0 Å². The molecule has 5 heteroatoms. The molecular weight excluding hydrogens is 172 g/mol. The lowest BCUT2D eigenvalue weighted by molar-refractivity contribution is -0.144. The summed E-state index contributed by atoms with van der Waals surface area (Å²) in [5.41, 5.74) is 5.40. The van der Waals surface area contributed by atoms with Crippen LogP contribution in [-0.4, -0.2) is 31.1 Å². The highest BCUT2D eigenvalue weighted by Crippen LogP contribution is 1.90. The topological polar surface area (TPSA) is 81.4 Å². The minimum Gasteiger partial charge on any atom is -0.467 e. The van der Waals surface area contributed by atoms with Crippen molar-refractivity contribution in [2.45, 2.75) is 32.4 Å². The van der Waals surface area contributed by atoms with Crippen LogP contribution >= 0.6 is 0 Å². The zero-order valence-electron chi connectivity index (χ0n) is 8.16. The first-order chi connectivity index (χ1) is 5.97. The third kappa shape index (κ3) is 5.19. The van der Waals surface area contributed by atoms with Crippen LogP contribution in [-0.2, 0) is 14.3 Å². The molecule has 0 fully saturated rings. The van der Waals surface area contributed by atoms with Gasteiger partial charge in [0.1, 0.15) is 6.04 Å². The van der Waals surface area contributed by atoms with Gasteiger partial charge in [0.2, 0.25) is 5.91 Å². The second kappa shape index (κ2) is 5.53. The van der Waals surface area contributed by atoms with E-state index in [1.54, 1.807) is 13.8 Å². The third-order valence-electron chi connectivity index (χ3n) is 1.44. The number of amides is 1. The monoisotopic (exact) mass is 188 g/mol. The Kier molecular flexibility index (Phi) is 5.06. The van der Waals surface area contributed by atoms with Crippen molar-refractivity contribution in [1.29, 1.82) is 0 Å². The Morgan fingerprint density at radius 1 is 1.46 bits per heavy atom. The summed E-state index contributed by atoms with van der Waals surface area (Å²) in [6.07, 6.45) is 0.210. The second-order valence-electron chi connectivity index (χ2n) is 2.99. The van der Waals surface area contributed by atoms with E-state index in [9.17, 15) is 9.59 Å². The standard InChI is InChI=1S/C8H16N2O3/c1-5(9)4-7(11)10-6(2)8(12)13-3/h5-6H,4,9H2,1-3H3,(H,10,11)/t5-,6-/m1/s1. The number of methoxy groups -OCH3 is 1. The highest BCUT2D eigenvalue weighted by atomic mass is 16.5. The number of carbonyl (C=O) groups excluding carboxylic acids is 2. The van der Waals surface area contributed by atoms with E-state index in [0.717, 1.165) is 0 Å². The molecule has 5 nitrogen and oxygen atoms in total. The summed E-state index contributed by atoms with van der Waals surface area (Å²) >= 11 is 0. The predicted octanol–water partition coefficient (Wildman–Crippen LogP) is -0.599. The van der Waals surface area contributed by atoms with Crippen molar-refractivity contribution >= 4 is 11.9 Å². The Labute approximate surface area is 77.6 Å². The normalized spacial score (nSPS) is 14.5. The largest absolute Gasteiger partial charge is 0.467 e. The molecule has 0 aliphatic carbocycles. The number of nitrogens with two attached hydrogens (primary N) is 1. The first kappa shape index (κ1) is 11.9. The van der Waals surface area contributed by atoms with Crippen LogP contribution in [0, 0.1) is 0 Å². The Bertz CT molecular complexity index is 192. The fraction of sp³-hybridized carbons (Fsp3) is 0.750. The van der Waals surface area contributed by atoms with Gasteiger partial charge in [-0.3, -0.25) is 4.79 Å². The summed E-state index contributed by atoms with van der Waals surface area (Å²) in [7, 11) is 1.27. The fourth-order valence-corrected chi connectivity index (χ4v) is 0.829. The van der Waals surface area contributed by atoms with Gasteiger partial charge >= 0.3 is 5.97 Å². The smallest absolute Gasteiger partial charge is 0.328 e. The van der Waals surface area contributed by atoms with Crippen LogP contribution in [0.1, 0.15) is 20.3 Å². The molecule has 0 saturated heterocycles. The van der Waals surface area contributed by atoms with Gasteiger partial charge in [0.25, 0.3) is 0 Å². The molecule has 2 atom stereocenters. The van der Waals surface area contributed by atoms with Gasteiger partial charge in [-0.15, -0.1) is 0 Å². The Morgan fingerprint density at radius 2 is 2.00 bits per heavy atom. The van der Waals surface area contributed by atoms with Gasteiger partial charge in [-0.2, -0.15) is 0 Å². The number of esters is 1. The summed E-state index contributed by atoms with van der Waals surface area (Å²) < 4.78 is 4.43. The van der Waals surface area contributed by atoms with E-state index in [-0.39, 0.29) is 18.4 Å². The van der Waals surface area contributed by atoms with Crippen LogP contribution in [0.25, 0.3) is 0 Å². The first-order valence-corrected chi connectivity index (χ1v) is 4.10. The Morgan fingerprint density at radius 3 is 2.38 bits per heavy atom. The highest BCUT2D eigenvalue weighted by Gasteiger charge is 2.15. The van der Waals surface area contributed by atoms with Gasteiger partial charge in [-0.25, -0.2) is 4.79 Å². The van der Waals surface area contributed by atoms with Gasteiger partial charge in [0.15, 0.2) is 0 Å². The molecule has 0 aliphatic heterocycles. The molecule has 0 heterocycles. The average Bonchev–Trinajstić information content (AvgIpc) is 2.01. The quantitative estimate of drug-likeness (QED) is 0.577. The molecule has 0 bridgehead atoms. The summed E-state index contributed by atoms with van der Waals surface area (Å²) in [5.74, 6) is -0.703. The van der Waals surface area contributed by atoms with Gasteiger partial charge in [-0.05, 0) is 13.8 Å². The molecule has 0 saturated carbocycles. The van der Waals surface area contributed by atoms with Crippen LogP contribution in [0.5, 0.6) is 0 Å². The van der Waals surface area contributed by atoms with E-state index < -0.39 is 12.0 Å². The highest BCUT2D eigenvalue weighted by molar-refractivity contribution is 5.84. The van der Waals surface area contributed by atoms with Crippen LogP contribution in [0.3, 0.4) is 0 Å². The molecule has 0 rings (SSSR count). The molecule has 1 amide bonds. The minimum atomic E-state index is -0.615. The fourth-order valence-electron chi connectivity index (χ4n) is 0.829. The van der Waals surface area contributed by atoms with Crippen molar-refractivity contribution in [3.63, 3.8) is 0 Å². The van der Waals surface area contributed by atoms with Crippen molar-refractivity contribution in [3.8, 4) is 0 Å². The average molecular weight is 188 g/mol. The molecule has 3 N–H and O–H groups in total. The van der Waals surface area contributed by atoms with Crippen molar-refractivity contribution in [2.75, 3.05) is 7.11 Å². The first-order valence-electron chi connectivity index (χ1n) is 4.10. The van der Waals surface area contributed by atoms with Crippen LogP contribution < -0.4 is 11.1 Å². The molecule has 0 unspecified atom stereocenters. The van der Waals surface area contributed by atoms with E-state index in [1.807, 2.05) is 0 Å². The van der Waals surface area contributed by atoms with E-state index in [2.05, 4.69) is 10.1 Å². The van der Waals surface area contributed by atoms with Gasteiger partial charge in [0, 0.05) is 12.5 Å². The van der Waals surface area contributed by atoms with Gasteiger partial charge < -0.3 is 15.8 Å². The maximum atomic E-state index is 11.1. The SMILES string of the molecule is COC(=O)[C@@H](C)NC(=O)C[C@@H](C)N. The molecule has 0 aromatic rings. The van der Waals surface area contributed by atoms with E-state index >= 15 is 0 Å². The van der Waals surface area contributed by atoms with Gasteiger partial charge in [0.05, 0.1) is 7.11 Å². The Balaban J connectivity index is 3.85. The second-order valence-corrected chi connectivity index (χ2v) is 2.99. The summed E-state index contributed by atoms with van der Waals surface area (Å²) in [5, 5.41) is 2.47. The molecule has 0 radical (unpaired) electrons. The molecule has 76 valence electrons. The lowest BCUT2D eigenvalue weighted by atomic mass is 10.2. The summed E-state index contributed by atoms with van der Waals surface area (Å²) in [6.45, 7) is 3.29. The van der Waals surface area contributed by atoms with Gasteiger partial charge in [-0.1, -0.05) is 0 Å². The number of nitrogens with one attached hydrogen (secondary N) is 1. The number of ether oxygens (including phenoxy) is 1. The summed E-state index contributed by atoms with van der Waals surface area (Å²) in [6, 6.07) is -0.818. The van der Waals surface area contributed by atoms with Crippen LogP contribution in [0.4, 0.5) is 0 Å². The molecule has 0 aromatic heterocycles. The molecule has 0 aromatic carbocycles. The molecular formula is C8H16N2O3. The van der Waals surface area contributed by atoms with E-state index in [1.165, 1.54) is 7.11 Å². The summed E-state index contributed by atoms with van der Waals surface area (Å²) in [4.78, 5) is 22.0. The maximum absolute atomic E-state index is 11.1. The van der Waals surface area contributed by atoms with Crippen molar-refractivity contribution in [1.82, 2.24) is 5.32 Å². The van der Waals surface area contributed by atoms with Crippen molar-refractivity contribution in [2.24, 2.45) is 5.73 Å². The zero-order chi connectivity index (χ0) is 10.4. The van der Waals surface area contributed by atoms with Crippen LogP contribution in [0.2, 0.25) is 0 Å².